The predicted octanol–water partition coefficient (Wildman–Crippen LogP) is 3.42. The highest BCUT2D eigenvalue weighted by atomic mass is 32.2. The minimum atomic E-state index is 0.736. The molecule has 0 spiro atoms. The first-order chi connectivity index (χ1) is 6.19. The minimum absolute atomic E-state index is 0.736. The fourth-order valence-electron chi connectivity index (χ4n) is 1.40. The highest BCUT2D eigenvalue weighted by Crippen LogP contribution is 2.28. The molecule has 0 atom stereocenters. The van der Waals surface area contributed by atoms with Gasteiger partial charge in [-0.3, -0.25) is 0 Å². The van der Waals surface area contributed by atoms with Crippen LogP contribution < -0.4 is 4.74 Å². The van der Waals surface area contributed by atoms with Gasteiger partial charge in [0.15, 0.2) is 0 Å². The zero-order valence-electron chi connectivity index (χ0n) is 8.68. The average Bonchev–Trinajstić information content (AvgIpc) is 2.11. The molecule has 1 nitrogen and oxygen atoms in total. The summed E-state index contributed by atoms with van der Waals surface area (Å²) in [5.74, 6) is 1.04. The van der Waals surface area contributed by atoms with E-state index in [4.69, 9.17) is 4.74 Å². The van der Waals surface area contributed by atoms with E-state index in [2.05, 4.69) is 32.2 Å². The minimum Gasteiger partial charge on any atom is -0.493 e. The molecule has 0 heterocycles. The van der Waals surface area contributed by atoms with Gasteiger partial charge in [-0.25, -0.2) is 0 Å². The zero-order valence-corrected chi connectivity index (χ0v) is 9.49. The number of ether oxygens (including phenoxy) is 1. The lowest BCUT2D eigenvalue weighted by molar-refractivity contribution is 0.335. The van der Waals surface area contributed by atoms with Gasteiger partial charge in [-0.2, -0.15) is 0 Å². The second kappa shape index (κ2) is 4.56. The zero-order chi connectivity index (χ0) is 9.84. The summed E-state index contributed by atoms with van der Waals surface area (Å²) in [6.45, 7) is 6.94. The molecule has 0 amide bonds. The third-order valence-electron chi connectivity index (χ3n) is 1.96. The molecule has 0 aliphatic carbocycles. The largest absolute Gasteiger partial charge is 0.493 e. The summed E-state index contributed by atoms with van der Waals surface area (Å²) in [5.41, 5.74) is 2.46. The average molecular weight is 196 g/mol. The van der Waals surface area contributed by atoms with E-state index in [1.807, 2.05) is 6.92 Å². The summed E-state index contributed by atoms with van der Waals surface area (Å²) in [7, 11) is 0. The molecule has 0 unspecified atom stereocenters. The Kier molecular flexibility index (Phi) is 3.67. The van der Waals surface area contributed by atoms with Gasteiger partial charge < -0.3 is 4.74 Å². The number of rotatable bonds is 3. The summed E-state index contributed by atoms with van der Waals surface area (Å²) < 4.78 is 5.56. The molecule has 1 rings (SSSR count). The van der Waals surface area contributed by atoms with E-state index in [9.17, 15) is 0 Å². The third-order valence-corrected chi connectivity index (χ3v) is 2.67. The molecule has 0 aliphatic rings. The van der Waals surface area contributed by atoms with Gasteiger partial charge in [-0.05, 0) is 50.3 Å². The molecule has 0 aromatic heterocycles. The second-order valence-electron chi connectivity index (χ2n) is 3.02. The smallest absolute Gasteiger partial charge is 0.125 e. The first-order valence-electron chi connectivity index (χ1n) is 4.47. The van der Waals surface area contributed by atoms with Gasteiger partial charge in [0, 0.05) is 4.90 Å². The molecular formula is C11H16OS. The molecule has 1 aromatic rings. The van der Waals surface area contributed by atoms with Crippen molar-refractivity contribution in [3.05, 3.63) is 23.3 Å². The molecule has 0 N–H and O–H groups in total. The molecular weight excluding hydrogens is 180 g/mol. The lowest BCUT2D eigenvalue weighted by atomic mass is 10.1. The van der Waals surface area contributed by atoms with Crippen LogP contribution in [0.5, 0.6) is 5.75 Å². The van der Waals surface area contributed by atoms with Crippen LogP contribution in [-0.2, 0) is 0 Å². The lowest BCUT2D eigenvalue weighted by Crippen LogP contribution is -1.96. The molecule has 72 valence electrons. The van der Waals surface area contributed by atoms with E-state index in [1.165, 1.54) is 16.0 Å². The van der Waals surface area contributed by atoms with Crippen molar-refractivity contribution in [1.29, 1.82) is 0 Å². The highest BCUT2D eigenvalue weighted by Gasteiger charge is 2.04. The Morgan fingerprint density at radius 3 is 2.15 bits per heavy atom. The number of benzene rings is 1. The molecule has 0 aliphatic heterocycles. The van der Waals surface area contributed by atoms with Crippen LogP contribution in [0.4, 0.5) is 0 Å². The maximum absolute atomic E-state index is 5.56. The Morgan fingerprint density at radius 2 is 1.77 bits per heavy atom. The Bertz CT molecular complexity index is 271. The van der Waals surface area contributed by atoms with E-state index >= 15 is 0 Å². The summed E-state index contributed by atoms with van der Waals surface area (Å²) in [6, 6.07) is 4.34. The van der Waals surface area contributed by atoms with E-state index in [0.717, 1.165) is 12.4 Å². The van der Waals surface area contributed by atoms with Crippen molar-refractivity contribution in [2.45, 2.75) is 25.7 Å². The fourth-order valence-corrected chi connectivity index (χ4v) is 1.99. The van der Waals surface area contributed by atoms with Crippen LogP contribution in [0.3, 0.4) is 0 Å². The third kappa shape index (κ3) is 2.41. The van der Waals surface area contributed by atoms with Crippen molar-refractivity contribution in [2.24, 2.45) is 0 Å². The first-order valence-corrected chi connectivity index (χ1v) is 5.69. The van der Waals surface area contributed by atoms with Crippen molar-refractivity contribution >= 4 is 11.8 Å². The van der Waals surface area contributed by atoms with Gasteiger partial charge in [-0.1, -0.05) is 0 Å². The van der Waals surface area contributed by atoms with Gasteiger partial charge in [0.05, 0.1) is 6.61 Å². The number of hydrogen-bond acceptors (Lipinski definition) is 2. The first kappa shape index (κ1) is 10.5. The van der Waals surface area contributed by atoms with Crippen molar-refractivity contribution in [2.75, 3.05) is 12.9 Å². The van der Waals surface area contributed by atoms with E-state index < -0.39 is 0 Å². The van der Waals surface area contributed by atoms with Crippen LogP contribution >= 0.6 is 11.8 Å². The summed E-state index contributed by atoms with van der Waals surface area (Å²) in [4.78, 5) is 1.30. The number of hydrogen-bond donors (Lipinski definition) is 0. The van der Waals surface area contributed by atoms with E-state index in [0.29, 0.717) is 0 Å². The molecule has 0 bridgehead atoms. The standard InChI is InChI=1S/C11H16OS/c1-5-12-11-8(2)6-10(13-4)7-9(11)3/h6-7H,5H2,1-4H3. The van der Waals surface area contributed by atoms with Crippen LogP contribution in [0.2, 0.25) is 0 Å². The van der Waals surface area contributed by atoms with E-state index in [-0.39, 0.29) is 0 Å². The van der Waals surface area contributed by atoms with Crippen molar-refractivity contribution < 1.29 is 4.74 Å². The molecule has 0 saturated heterocycles. The summed E-state index contributed by atoms with van der Waals surface area (Å²) in [5, 5.41) is 0. The van der Waals surface area contributed by atoms with Crippen LogP contribution in [0.1, 0.15) is 18.1 Å². The maximum Gasteiger partial charge on any atom is 0.125 e. The number of thioether (sulfide) groups is 1. The van der Waals surface area contributed by atoms with Gasteiger partial charge in [0.25, 0.3) is 0 Å². The van der Waals surface area contributed by atoms with Crippen molar-refractivity contribution in [3.8, 4) is 5.75 Å². The Balaban J connectivity index is 3.07. The molecule has 13 heavy (non-hydrogen) atoms. The van der Waals surface area contributed by atoms with Crippen LogP contribution in [-0.4, -0.2) is 12.9 Å². The van der Waals surface area contributed by atoms with Gasteiger partial charge in [0.2, 0.25) is 0 Å². The predicted molar refractivity (Wildman–Crippen MR) is 58.9 cm³/mol. The SMILES string of the molecule is CCOc1c(C)cc(SC)cc1C. The van der Waals surface area contributed by atoms with Gasteiger partial charge in [-0.15, -0.1) is 11.8 Å². The molecule has 1 aromatic carbocycles. The quantitative estimate of drug-likeness (QED) is 0.685. The second-order valence-corrected chi connectivity index (χ2v) is 3.90. The van der Waals surface area contributed by atoms with Gasteiger partial charge >= 0.3 is 0 Å². The van der Waals surface area contributed by atoms with Crippen LogP contribution in [0.25, 0.3) is 0 Å². The normalized spacial score (nSPS) is 10.2. The van der Waals surface area contributed by atoms with Crippen molar-refractivity contribution in [3.63, 3.8) is 0 Å². The summed E-state index contributed by atoms with van der Waals surface area (Å²) >= 11 is 1.77. The molecule has 0 saturated carbocycles. The molecule has 2 heteroatoms. The molecule has 0 fully saturated rings. The lowest BCUT2D eigenvalue weighted by Gasteiger charge is -2.11. The Morgan fingerprint density at radius 1 is 1.23 bits per heavy atom. The molecule has 0 radical (unpaired) electrons. The number of aryl methyl sites for hydroxylation is 2. The monoisotopic (exact) mass is 196 g/mol. The van der Waals surface area contributed by atoms with Crippen LogP contribution in [0.15, 0.2) is 17.0 Å². The topological polar surface area (TPSA) is 9.23 Å². The Hall–Kier alpha value is -0.630. The van der Waals surface area contributed by atoms with Crippen molar-refractivity contribution in [1.82, 2.24) is 0 Å². The van der Waals surface area contributed by atoms with Gasteiger partial charge in [0.1, 0.15) is 5.75 Å². The fraction of sp³-hybridized carbons (Fsp3) is 0.455. The van der Waals surface area contributed by atoms with Crippen LogP contribution in [0, 0.1) is 13.8 Å². The Labute approximate surface area is 84.5 Å². The van der Waals surface area contributed by atoms with E-state index in [1.54, 1.807) is 11.8 Å². The highest BCUT2D eigenvalue weighted by molar-refractivity contribution is 7.98. The summed E-state index contributed by atoms with van der Waals surface area (Å²) in [6.07, 6.45) is 2.09. The maximum atomic E-state index is 5.56.